The highest BCUT2D eigenvalue weighted by Gasteiger charge is 2.61. The molecule has 0 aliphatic rings. The van der Waals surface area contributed by atoms with Crippen molar-refractivity contribution >= 4 is 34.7 Å². The van der Waals surface area contributed by atoms with Crippen LogP contribution >= 0.6 is 0 Å². The minimum atomic E-state index is -3.07. The van der Waals surface area contributed by atoms with E-state index >= 15 is 0 Å². The second-order valence-corrected chi connectivity index (χ2v) is 13.4. The van der Waals surface area contributed by atoms with E-state index in [9.17, 15) is 0 Å². The van der Waals surface area contributed by atoms with Crippen molar-refractivity contribution in [3.63, 3.8) is 0 Å². The summed E-state index contributed by atoms with van der Waals surface area (Å²) in [5.74, 6) is 0.800. The zero-order valence-corrected chi connectivity index (χ0v) is 22.3. The zero-order valence-electron chi connectivity index (χ0n) is 21.3. The van der Waals surface area contributed by atoms with Crippen molar-refractivity contribution in [1.82, 2.24) is 15.0 Å². The maximum Gasteiger partial charge on any atom is 0.226 e. The second-order valence-electron chi connectivity index (χ2n) is 9.39. The summed E-state index contributed by atoms with van der Waals surface area (Å²) in [6.07, 6.45) is 0.667. The van der Waals surface area contributed by atoms with Gasteiger partial charge in [0.15, 0.2) is 5.35 Å². The van der Waals surface area contributed by atoms with Gasteiger partial charge in [-0.3, -0.25) is 0 Å². The Hall–Kier alpha value is -4.48. The fraction of sp³-hybridized carbons (Fsp3) is 0.0909. The summed E-state index contributed by atoms with van der Waals surface area (Å²) in [5, 5.41) is 12.3. The number of benzene rings is 5. The van der Waals surface area contributed by atoms with Gasteiger partial charge in [0.25, 0.3) is 0 Å². The maximum atomic E-state index is 7.35. The first-order chi connectivity index (χ1) is 18.8. The molecule has 0 aliphatic carbocycles. The van der Waals surface area contributed by atoms with Gasteiger partial charge in [-0.15, -0.1) is 5.10 Å². The Morgan fingerprint density at radius 3 is 1.55 bits per heavy atom. The van der Waals surface area contributed by atoms with E-state index in [0.717, 1.165) is 16.8 Å². The standard InChI is InChI=1S/C33H29N3OSi/c1-2-33(37-27-17-7-3-8-18-27,36-32-26-16-15-25-31(32)34-35-36)38(28-19-9-4-10-20-28,29-21-11-5-12-22-29)30-23-13-6-14-24-30/h3-26H,2H2,1H3. The highest BCUT2D eigenvalue weighted by atomic mass is 28.3. The third-order valence-corrected chi connectivity index (χ3v) is 12.8. The van der Waals surface area contributed by atoms with Crippen molar-refractivity contribution in [2.45, 2.75) is 18.7 Å². The molecular formula is C33H29N3OSi. The first-order valence-electron chi connectivity index (χ1n) is 13.0. The molecule has 0 fully saturated rings. The smallest absolute Gasteiger partial charge is 0.226 e. The summed E-state index contributed by atoms with van der Waals surface area (Å²) in [4.78, 5) is 0. The Morgan fingerprint density at radius 2 is 1.05 bits per heavy atom. The van der Waals surface area contributed by atoms with Crippen LogP contribution in [0, 0.1) is 0 Å². The summed E-state index contributed by atoms with van der Waals surface area (Å²) >= 11 is 0. The van der Waals surface area contributed by atoms with Gasteiger partial charge < -0.3 is 4.74 Å². The van der Waals surface area contributed by atoms with Crippen LogP contribution in [0.1, 0.15) is 13.3 Å². The van der Waals surface area contributed by atoms with Crippen LogP contribution in [-0.4, -0.2) is 23.1 Å². The molecule has 1 atom stereocenters. The molecule has 0 N–H and O–H groups in total. The van der Waals surface area contributed by atoms with Crippen LogP contribution in [0.2, 0.25) is 0 Å². The van der Waals surface area contributed by atoms with Gasteiger partial charge >= 0.3 is 0 Å². The fourth-order valence-electron chi connectivity index (χ4n) is 5.83. The van der Waals surface area contributed by atoms with Gasteiger partial charge in [-0.05, 0) is 39.8 Å². The van der Waals surface area contributed by atoms with Crippen molar-refractivity contribution in [2.24, 2.45) is 0 Å². The molecule has 186 valence electrons. The molecule has 0 amide bonds. The molecule has 6 aromatic rings. The molecule has 6 rings (SSSR count). The number of hydrogen-bond donors (Lipinski definition) is 0. The van der Waals surface area contributed by atoms with E-state index in [4.69, 9.17) is 9.95 Å². The molecule has 4 nitrogen and oxygen atoms in total. The van der Waals surface area contributed by atoms with Crippen molar-refractivity contribution in [1.29, 1.82) is 0 Å². The van der Waals surface area contributed by atoms with Crippen molar-refractivity contribution in [2.75, 3.05) is 0 Å². The molecule has 0 aliphatic heterocycles. The summed E-state index contributed by atoms with van der Waals surface area (Å²) in [5.41, 5.74) is 1.80. The third-order valence-electron chi connectivity index (χ3n) is 7.41. The second kappa shape index (κ2) is 10.1. The van der Waals surface area contributed by atoms with Gasteiger partial charge in [0.05, 0.1) is 5.52 Å². The Kier molecular flexibility index (Phi) is 6.36. The van der Waals surface area contributed by atoms with E-state index in [1.165, 1.54) is 15.6 Å². The van der Waals surface area contributed by atoms with Gasteiger partial charge in [0.1, 0.15) is 11.3 Å². The first-order valence-corrected chi connectivity index (χ1v) is 15.0. The van der Waals surface area contributed by atoms with Crippen LogP contribution in [-0.2, 0) is 5.35 Å². The van der Waals surface area contributed by atoms with Crippen LogP contribution in [0.3, 0.4) is 0 Å². The van der Waals surface area contributed by atoms with Crippen LogP contribution in [0.4, 0.5) is 0 Å². The van der Waals surface area contributed by atoms with E-state index in [-0.39, 0.29) is 0 Å². The minimum absolute atomic E-state index is 0.667. The van der Waals surface area contributed by atoms with Crippen LogP contribution in [0.15, 0.2) is 146 Å². The zero-order chi connectivity index (χ0) is 25.8. The van der Waals surface area contributed by atoms with Crippen molar-refractivity contribution in [3.05, 3.63) is 146 Å². The van der Waals surface area contributed by atoms with Crippen LogP contribution < -0.4 is 20.3 Å². The lowest BCUT2D eigenvalue weighted by Crippen LogP contribution is -2.81. The number of rotatable bonds is 8. The predicted octanol–water partition coefficient (Wildman–Crippen LogP) is 5.28. The average molecular weight is 512 g/mol. The topological polar surface area (TPSA) is 39.9 Å². The Morgan fingerprint density at radius 1 is 0.605 bits per heavy atom. The lowest BCUT2D eigenvalue weighted by molar-refractivity contribution is 0.0568. The summed E-state index contributed by atoms with van der Waals surface area (Å²) in [6, 6.07) is 50.8. The van der Waals surface area contributed by atoms with E-state index < -0.39 is 13.4 Å². The molecule has 0 saturated heterocycles. The Labute approximate surface area is 224 Å². The third kappa shape index (κ3) is 3.75. The van der Waals surface area contributed by atoms with E-state index in [2.05, 4.69) is 114 Å². The molecule has 0 radical (unpaired) electrons. The van der Waals surface area contributed by atoms with E-state index in [1.807, 2.05) is 48.5 Å². The fourth-order valence-corrected chi connectivity index (χ4v) is 11.5. The first kappa shape index (κ1) is 23.9. The monoisotopic (exact) mass is 511 g/mol. The molecule has 0 spiro atoms. The number of fused-ring (bicyclic) bond motifs is 1. The van der Waals surface area contributed by atoms with Gasteiger partial charge in [-0.25, -0.2) is 4.68 Å². The molecule has 1 aromatic heterocycles. The molecule has 1 heterocycles. The highest BCUT2D eigenvalue weighted by molar-refractivity contribution is 7.12. The SMILES string of the molecule is CCC(Oc1ccccc1)(n1nnc2ccccc21)[Si](c1ccccc1)(c1ccccc1)c1ccccc1. The summed E-state index contributed by atoms with van der Waals surface area (Å²) in [7, 11) is -3.07. The molecular weight excluding hydrogens is 482 g/mol. The van der Waals surface area contributed by atoms with Crippen molar-refractivity contribution in [3.8, 4) is 5.75 Å². The normalized spacial score (nSPS) is 13.2. The molecule has 0 saturated carbocycles. The number of ether oxygens (including phenoxy) is 1. The molecule has 38 heavy (non-hydrogen) atoms. The van der Waals surface area contributed by atoms with E-state index in [0.29, 0.717) is 6.42 Å². The van der Waals surface area contributed by atoms with Gasteiger partial charge in [-0.1, -0.05) is 133 Å². The lowest BCUT2D eigenvalue weighted by Gasteiger charge is -2.49. The number of hydrogen-bond acceptors (Lipinski definition) is 3. The average Bonchev–Trinajstić information content (AvgIpc) is 3.44. The number of para-hydroxylation sites is 2. The number of nitrogens with zero attached hydrogens (tertiary/aromatic N) is 3. The Bertz CT molecular complexity index is 1530. The van der Waals surface area contributed by atoms with Gasteiger partial charge in [0, 0.05) is 6.42 Å². The lowest BCUT2D eigenvalue weighted by atomic mass is 10.3. The van der Waals surface area contributed by atoms with Crippen LogP contribution in [0.25, 0.3) is 11.0 Å². The quantitative estimate of drug-likeness (QED) is 0.206. The highest BCUT2D eigenvalue weighted by Crippen LogP contribution is 2.37. The largest absolute Gasteiger partial charge is 0.469 e. The maximum absolute atomic E-state index is 7.35. The number of aromatic nitrogens is 3. The molecule has 1 unspecified atom stereocenters. The molecule has 5 heteroatoms. The summed E-state index contributed by atoms with van der Waals surface area (Å²) < 4.78 is 9.42. The minimum Gasteiger partial charge on any atom is -0.469 e. The Balaban J connectivity index is 1.81. The van der Waals surface area contributed by atoms with Gasteiger partial charge in [-0.2, -0.15) is 0 Å². The summed E-state index contributed by atoms with van der Waals surface area (Å²) in [6.45, 7) is 2.20. The van der Waals surface area contributed by atoms with Crippen LogP contribution in [0.5, 0.6) is 5.75 Å². The van der Waals surface area contributed by atoms with E-state index in [1.54, 1.807) is 0 Å². The van der Waals surface area contributed by atoms with Crippen molar-refractivity contribution < 1.29 is 4.74 Å². The predicted molar refractivity (Wildman–Crippen MR) is 157 cm³/mol. The molecule has 0 bridgehead atoms. The molecule has 5 aromatic carbocycles. The van der Waals surface area contributed by atoms with Gasteiger partial charge in [0.2, 0.25) is 8.07 Å².